The zero-order chi connectivity index (χ0) is 15.6. The summed E-state index contributed by atoms with van der Waals surface area (Å²) in [6, 6.07) is 4.49. The van der Waals surface area contributed by atoms with Crippen LogP contribution >= 0.6 is 43.2 Å². The standard InChI is InChI=1S/C12H11Br2FN2O2S2/c13-8-1-7(4-16)12(15)11(3-8)21(18,19)17-5-10-2-9(14)6-20-10/h1-3,6,17H,4-5,16H2. The molecule has 9 heteroatoms. The molecule has 0 fully saturated rings. The summed E-state index contributed by atoms with van der Waals surface area (Å²) in [5, 5.41) is 1.84. The van der Waals surface area contributed by atoms with Crippen molar-refractivity contribution in [2.75, 3.05) is 0 Å². The van der Waals surface area contributed by atoms with Crippen molar-refractivity contribution < 1.29 is 12.8 Å². The van der Waals surface area contributed by atoms with Crippen LogP contribution in [0.1, 0.15) is 10.4 Å². The number of hydrogen-bond acceptors (Lipinski definition) is 4. The molecule has 0 aliphatic heterocycles. The Hall–Kier alpha value is -0.320. The van der Waals surface area contributed by atoms with E-state index in [-0.39, 0.29) is 18.7 Å². The maximum Gasteiger partial charge on any atom is 0.243 e. The molecular formula is C12H11Br2FN2O2S2. The number of nitrogens with one attached hydrogen (secondary N) is 1. The molecule has 114 valence electrons. The van der Waals surface area contributed by atoms with Gasteiger partial charge in [0.2, 0.25) is 10.0 Å². The summed E-state index contributed by atoms with van der Waals surface area (Å²) < 4.78 is 42.3. The zero-order valence-corrected chi connectivity index (χ0v) is 15.4. The number of hydrogen-bond donors (Lipinski definition) is 2. The number of thiophene rings is 1. The van der Waals surface area contributed by atoms with E-state index in [1.807, 2.05) is 5.38 Å². The van der Waals surface area contributed by atoms with Crippen molar-refractivity contribution in [3.8, 4) is 0 Å². The summed E-state index contributed by atoms with van der Waals surface area (Å²) in [5.41, 5.74) is 5.56. The average molecular weight is 458 g/mol. The predicted octanol–water partition coefficient (Wildman–Crippen LogP) is 3.35. The molecule has 0 radical (unpaired) electrons. The molecule has 1 aromatic carbocycles. The van der Waals surface area contributed by atoms with Crippen molar-refractivity contribution in [1.29, 1.82) is 0 Å². The van der Waals surface area contributed by atoms with Gasteiger partial charge in [0, 0.05) is 37.9 Å². The third kappa shape index (κ3) is 4.11. The van der Waals surface area contributed by atoms with Gasteiger partial charge in [-0.2, -0.15) is 0 Å². The van der Waals surface area contributed by atoms with Gasteiger partial charge in [0.25, 0.3) is 0 Å². The first-order valence-corrected chi connectivity index (χ1v) is 9.69. The highest BCUT2D eigenvalue weighted by Crippen LogP contribution is 2.25. The van der Waals surface area contributed by atoms with E-state index >= 15 is 0 Å². The lowest BCUT2D eigenvalue weighted by Gasteiger charge is -2.10. The Bertz CT molecular complexity index is 763. The first kappa shape index (κ1) is 17.0. The number of rotatable bonds is 5. The summed E-state index contributed by atoms with van der Waals surface area (Å²) in [4.78, 5) is 0.410. The van der Waals surface area contributed by atoms with Gasteiger partial charge in [0.05, 0.1) is 0 Å². The smallest absolute Gasteiger partial charge is 0.243 e. The Morgan fingerprint density at radius 2 is 1.95 bits per heavy atom. The molecule has 0 saturated carbocycles. The minimum absolute atomic E-state index is 0.0777. The lowest BCUT2D eigenvalue weighted by Crippen LogP contribution is -2.24. The Balaban J connectivity index is 2.29. The van der Waals surface area contributed by atoms with Crippen LogP contribution in [0.5, 0.6) is 0 Å². The number of halogens is 3. The van der Waals surface area contributed by atoms with Gasteiger partial charge in [0.15, 0.2) is 0 Å². The third-order valence-corrected chi connectivity index (χ3v) is 6.20. The van der Waals surface area contributed by atoms with E-state index in [2.05, 4.69) is 36.6 Å². The lowest BCUT2D eigenvalue weighted by atomic mass is 10.2. The summed E-state index contributed by atoms with van der Waals surface area (Å²) in [6.45, 7) is 0.0220. The molecule has 0 spiro atoms. The molecular weight excluding hydrogens is 447 g/mol. The molecule has 1 aromatic heterocycles. The first-order valence-electron chi connectivity index (χ1n) is 5.74. The highest BCUT2D eigenvalue weighted by Gasteiger charge is 2.22. The van der Waals surface area contributed by atoms with Gasteiger partial charge in [-0.05, 0) is 34.1 Å². The molecule has 4 nitrogen and oxygen atoms in total. The SMILES string of the molecule is NCc1cc(Br)cc(S(=O)(=O)NCc2cc(Br)cs2)c1F. The zero-order valence-electron chi connectivity index (χ0n) is 10.6. The Morgan fingerprint density at radius 1 is 1.24 bits per heavy atom. The Morgan fingerprint density at radius 3 is 2.52 bits per heavy atom. The van der Waals surface area contributed by atoms with Crippen LogP contribution in [0.3, 0.4) is 0 Å². The molecule has 3 N–H and O–H groups in total. The molecule has 1 heterocycles. The summed E-state index contributed by atoms with van der Waals surface area (Å²) in [5.74, 6) is -0.819. The van der Waals surface area contributed by atoms with E-state index in [9.17, 15) is 12.8 Å². The largest absolute Gasteiger partial charge is 0.326 e. The van der Waals surface area contributed by atoms with Gasteiger partial charge < -0.3 is 5.73 Å². The molecule has 21 heavy (non-hydrogen) atoms. The Kier molecular flexibility index (Phi) is 5.55. The molecule has 2 rings (SSSR count). The van der Waals surface area contributed by atoms with Gasteiger partial charge in [-0.1, -0.05) is 15.9 Å². The fourth-order valence-electron chi connectivity index (χ4n) is 1.65. The van der Waals surface area contributed by atoms with Crippen molar-refractivity contribution >= 4 is 53.2 Å². The molecule has 0 aliphatic rings. The van der Waals surface area contributed by atoms with Gasteiger partial charge in [0.1, 0.15) is 10.7 Å². The van der Waals surface area contributed by atoms with Crippen molar-refractivity contribution in [2.45, 2.75) is 18.0 Å². The minimum Gasteiger partial charge on any atom is -0.326 e. The summed E-state index contributed by atoms with van der Waals surface area (Å²) in [7, 11) is -3.95. The van der Waals surface area contributed by atoms with E-state index in [1.165, 1.54) is 23.5 Å². The van der Waals surface area contributed by atoms with Crippen molar-refractivity contribution in [3.05, 3.63) is 48.8 Å². The highest BCUT2D eigenvalue weighted by molar-refractivity contribution is 9.10. The fraction of sp³-hybridized carbons (Fsp3) is 0.167. The van der Waals surface area contributed by atoms with Crippen LogP contribution in [0.4, 0.5) is 4.39 Å². The molecule has 0 atom stereocenters. The maximum atomic E-state index is 14.2. The molecule has 2 aromatic rings. The number of benzene rings is 1. The highest BCUT2D eigenvalue weighted by atomic mass is 79.9. The monoisotopic (exact) mass is 456 g/mol. The van der Waals surface area contributed by atoms with Crippen LogP contribution < -0.4 is 10.5 Å². The van der Waals surface area contributed by atoms with Gasteiger partial charge in [-0.25, -0.2) is 17.5 Å². The van der Waals surface area contributed by atoms with E-state index < -0.39 is 20.7 Å². The van der Waals surface area contributed by atoms with E-state index in [0.717, 1.165) is 9.35 Å². The lowest BCUT2D eigenvalue weighted by molar-refractivity contribution is 0.549. The van der Waals surface area contributed by atoms with Gasteiger partial charge in [-0.15, -0.1) is 11.3 Å². The molecule has 0 bridgehead atoms. The first-order chi connectivity index (χ1) is 9.83. The minimum atomic E-state index is -3.95. The average Bonchev–Trinajstić information content (AvgIpc) is 2.84. The second-order valence-electron chi connectivity index (χ2n) is 4.14. The summed E-state index contributed by atoms with van der Waals surface area (Å²) in [6.07, 6.45) is 0. The van der Waals surface area contributed by atoms with Crippen molar-refractivity contribution in [3.63, 3.8) is 0 Å². The topological polar surface area (TPSA) is 72.2 Å². The second-order valence-corrected chi connectivity index (χ2v) is 8.70. The fourth-order valence-corrected chi connectivity index (χ4v) is 4.94. The van der Waals surface area contributed by atoms with Gasteiger partial charge >= 0.3 is 0 Å². The van der Waals surface area contributed by atoms with E-state index in [0.29, 0.717) is 4.47 Å². The maximum absolute atomic E-state index is 14.2. The second kappa shape index (κ2) is 6.84. The van der Waals surface area contributed by atoms with E-state index in [1.54, 1.807) is 6.07 Å². The number of sulfonamides is 1. The summed E-state index contributed by atoms with van der Waals surface area (Å²) >= 11 is 7.86. The molecule has 0 saturated heterocycles. The van der Waals surface area contributed by atoms with E-state index in [4.69, 9.17) is 5.73 Å². The number of nitrogens with two attached hydrogens (primary N) is 1. The quantitative estimate of drug-likeness (QED) is 0.723. The van der Waals surface area contributed by atoms with Crippen molar-refractivity contribution in [2.24, 2.45) is 5.73 Å². The van der Waals surface area contributed by atoms with Crippen LogP contribution in [-0.2, 0) is 23.1 Å². The van der Waals surface area contributed by atoms with Crippen LogP contribution in [0.15, 0.2) is 37.4 Å². The normalized spacial score (nSPS) is 11.8. The Labute approximate surface area is 142 Å². The van der Waals surface area contributed by atoms with Crippen LogP contribution in [0.2, 0.25) is 0 Å². The van der Waals surface area contributed by atoms with Gasteiger partial charge in [-0.3, -0.25) is 0 Å². The van der Waals surface area contributed by atoms with Crippen LogP contribution in [-0.4, -0.2) is 8.42 Å². The van der Waals surface area contributed by atoms with Crippen molar-refractivity contribution in [1.82, 2.24) is 4.72 Å². The molecule has 0 amide bonds. The van der Waals surface area contributed by atoms with Crippen LogP contribution in [0, 0.1) is 5.82 Å². The third-order valence-electron chi connectivity index (χ3n) is 2.65. The predicted molar refractivity (Wildman–Crippen MR) is 88.0 cm³/mol. The molecule has 0 unspecified atom stereocenters. The molecule has 0 aliphatic carbocycles. The van der Waals surface area contributed by atoms with Crippen LogP contribution in [0.25, 0.3) is 0 Å².